The summed E-state index contributed by atoms with van der Waals surface area (Å²) in [4.78, 5) is 23.8. The normalized spacial score (nSPS) is 18.5. The number of halogens is 1. The molecule has 2 N–H and O–H groups in total. The molecule has 2 aromatic carbocycles. The van der Waals surface area contributed by atoms with Crippen LogP contribution in [0.15, 0.2) is 48.5 Å². The molecule has 3 rings (SSSR count). The Hall–Kier alpha value is -2.53. The van der Waals surface area contributed by atoms with Gasteiger partial charge in [-0.1, -0.05) is 43.6 Å². The van der Waals surface area contributed by atoms with Crippen molar-refractivity contribution in [2.24, 2.45) is 5.41 Å². The maximum atomic E-state index is 12.2. The number of rotatable bonds is 3. The third-order valence-corrected chi connectivity index (χ3v) is 4.32. The maximum Gasteiger partial charge on any atom is 0.323 e. The van der Waals surface area contributed by atoms with E-state index in [1.165, 1.54) is 0 Å². The Bertz CT molecular complexity index is 820. The Morgan fingerprint density at radius 1 is 1.12 bits per heavy atom. The van der Waals surface area contributed by atoms with E-state index < -0.39 is 0 Å². The first-order valence-electron chi connectivity index (χ1n) is 7.96. The number of nitrogens with one attached hydrogen (secondary N) is 2. The van der Waals surface area contributed by atoms with Gasteiger partial charge in [-0.3, -0.25) is 4.79 Å². The number of esters is 1. The monoisotopic (exact) mass is 358 g/mol. The highest BCUT2D eigenvalue weighted by Crippen LogP contribution is 2.45. The number of carbonyl (C=O) groups excluding carboxylic acids is 2. The van der Waals surface area contributed by atoms with E-state index in [-0.39, 0.29) is 23.5 Å². The van der Waals surface area contributed by atoms with Crippen LogP contribution >= 0.6 is 11.6 Å². The molecule has 5 nitrogen and oxygen atoms in total. The number of anilines is 2. The summed E-state index contributed by atoms with van der Waals surface area (Å²) in [5, 5.41) is 6.05. The topological polar surface area (TPSA) is 67.4 Å². The van der Waals surface area contributed by atoms with Gasteiger partial charge in [-0.05, 0) is 35.9 Å². The number of urea groups is 1. The highest BCUT2D eigenvalue weighted by Gasteiger charge is 2.42. The van der Waals surface area contributed by atoms with E-state index in [1.807, 2.05) is 32.0 Å². The Morgan fingerprint density at radius 2 is 1.76 bits per heavy atom. The number of ether oxygens (including phenoxy) is 1. The molecule has 1 heterocycles. The molecule has 1 saturated heterocycles. The van der Waals surface area contributed by atoms with Gasteiger partial charge < -0.3 is 15.4 Å². The van der Waals surface area contributed by atoms with Crippen LogP contribution < -0.4 is 10.6 Å². The van der Waals surface area contributed by atoms with Gasteiger partial charge in [0.1, 0.15) is 6.10 Å². The number of amides is 2. The highest BCUT2D eigenvalue weighted by molar-refractivity contribution is 6.30. The summed E-state index contributed by atoms with van der Waals surface area (Å²) >= 11 is 5.91. The molecule has 0 spiro atoms. The molecular formula is C19H19ClN2O3. The van der Waals surface area contributed by atoms with Gasteiger partial charge in [0.2, 0.25) is 0 Å². The second kappa shape index (κ2) is 6.76. The van der Waals surface area contributed by atoms with Crippen molar-refractivity contribution in [3.05, 3.63) is 59.1 Å². The van der Waals surface area contributed by atoms with E-state index >= 15 is 0 Å². The molecule has 1 aliphatic heterocycles. The van der Waals surface area contributed by atoms with E-state index in [1.54, 1.807) is 30.3 Å². The van der Waals surface area contributed by atoms with Crippen LogP contribution in [0.4, 0.5) is 16.2 Å². The molecule has 2 amide bonds. The van der Waals surface area contributed by atoms with Crippen molar-refractivity contribution in [1.82, 2.24) is 0 Å². The molecular weight excluding hydrogens is 340 g/mol. The van der Waals surface area contributed by atoms with Crippen LogP contribution in [0.5, 0.6) is 0 Å². The molecule has 1 aliphatic rings. The van der Waals surface area contributed by atoms with Crippen molar-refractivity contribution < 1.29 is 14.3 Å². The smallest absolute Gasteiger partial charge is 0.323 e. The van der Waals surface area contributed by atoms with E-state index in [0.29, 0.717) is 22.8 Å². The molecule has 0 saturated carbocycles. The van der Waals surface area contributed by atoms with E-state index in [9.17, 15) is 9.59 Å². The number of cyclic esters (lactones) is 1. The predicted molar refractivity (Wildman–Crippen MR) is 97.8 cm³/mol. The first-order chi connectivity index (χ1) is 11.8. The lowest BCUT2D eigenvalue weighted by Gasteiger charge is -2.24. The number of hydrogen-bond donors (Lipinski definition) is 2. The summed E-state index contributed by atoms with van der Waals surface area (Å²) < 4.78 is 5.45. The molecule has 2 aromatic rings. The van der Waals surface area contributed by atoms with Gasteiger partial charge in [-0.2, -0.15) is 0 Å². The van der Waals surface area contributed by atoms with Gasteiger partial charge in [-0.15, -0.1) is 0 Å². The molecule has 1 unspecified atom stereocenters. The largest absolute Gasteiger partial charge is 0.457 e. The van der Waals surface area contributed by atoms with Crippen LogP contribution in [-0.2, 0) is 9.53 Å². The molecule has 130 valence electrons. The minimum Gasteiger partial charge on any atom is -0.457 e. The maximum absolute atomic E-state index is 12.2. The fourth-order valence-corrected chi connectivity index (χ4v) is 3.15. The molecule has 0 aliphatic carbocycles. The molecule has 1 fully saturated rings. The number of benzene rings is 2. The van der Waals surface area contributed by atoms with E-state index in [0.717, 1.165) is 5.56 Å². The van der Waals surface area contributed by atoms with Crippen molar-refractivity contribution in [2.75, 3.05) is 10.6 Å². The van der Waals surface area contributed by atoms with Crippen LogP contribution in [0.2, 0.25) is 5.02 Å². The average Bonchev–Trinajstić information content (AvgIpc) is 2.80. The molecule has 6 heteroatoms. The predicted octanol–water partition coefficient (Wildman–Crippen LogP) is 5.00. The van der Waals surface area contributed by atoms with E-state index in [4.69, 9.17) is 16.3 Å². The molecule has 0 aromatic heterocycles. The van der Waals surface area contributed by atoms with Crippen LogP contribution in [-0.4, -0.2) is 12.0 Å². The summed E-state index contributed by atoms with van der Waals surface area (Å²) in [5.41, 5.74) is 1.80. The van der Waals surface area contributed by atoms with Gasteiger partial charge in [0.15, 0.2) is 0 Å². The second-order valence-electron chi connectivity index (χ2n) is 6.75. The van der Waals surface area contributed by atoms with Crippen molar-refractivity contribution in [2.45, 2.75) is 26.4 Å². The lowest BCUT2D eigenvalue weighted by molar-refractivity contribution is -0.142. The standard InChI is InChI=1S/C19H19ClN2O3/c1-19(2)11-16(23)25-17(19)12-5-3-7-14(9-12)21-18(24)22-15-8-4-6-13(20)10-15/h3-10,17H,11H2,1-2H3,(H2,21,22,24). The van der Waals surface area contributed by atoms with Gasteiger partial charge in [0.25, 0.3) is 0 Å². The summed E-state index contributed by atoms with van der Waals surface area (Å²) in [6.07, 6.45) is 0.0580. The average molecular weight is 359 g/mol. The van der Waals surface area contributed by atoms with Crippen LogP contribution in [0.1, 0.15) is 31.9 Å². The van der Waals surface area contributed by atoms with Crippen molar-refractivity contribution in [3.63, 3.8) is 0 Å². The lowest BCUT2D eigenvalue weighted by atomic mass is 9.82. The zero-order chi connectivity index (χ0) is 18.0. The Labute approximate surface area is 151 Å². The minimum absolute atomic E-state index is 0.202. The Kier molecular flexibility index (Phi) is 4.68. The zero-order valence-electron chi connectivity index (χ0n) is 14.0. The SMILES string of the molecule is CC1(C)CC(=O)OC1c1cccc(NC(=O)Nc2cccc(Cl)c2)c1. The van der Waals surface area contributed by atoms with Crippen LogP contribution in [0, 0.1) is 5.41 Å². The molecule has 0 radical (unpaired) electrons. The summed E-state index contributed by atoms with van der Waals surface area (Å²) in [6, 6.07) is 13.9. The third-order valence-electron chi connectivity index (χ3n) is 4.09. The first-order valence-corrected chi connectivity index (χ1v) is 8.34. The van der Waals surface area contributed by atoms with Gasteiger partial charge >= 0.3 is 12.0 Å². The summed E-state index contributed by atoms with van der Waals surface area (Å²) in [5.74, 6) is -0.202. The molecule has 1 atom stereocenters. The molecule has 25 heavy (non-hydrogen) atoms. The quantitative estimate of drug-likeness (QED) is 0.759. The second-order valence-corrected chi connectivity index (χ2v) is 7.19. The third kappa shape index (κ3) is 4.12. The van der Waals surface area contributed by atoms with E-state index in [2.05, 4.69) is 10.6 Å². The van der Waals surface area contributed by atoms with Crippen molar-refractivity contribution in [1.29, 1.82) is 0 Å². The fourth-order valence-electron chi connectivity index (χ4n) is 2.96. The highest BCUT2D eigenvalue weighted by atomic mass is 35.5. The zero-order valence-corrected chi connectivity index (χ0v) is 14.8. The van der Waals surface area contributed by atoms with Crippen LogP contribution in [0.25, 0.3) is 0 Å². The first kappa shape index (κ1) is 17.3. The molecule has 0 bridgehead atoms. The van der Waals surface area contributed by atoms with Gasteiger partial charge in [-0.25, -0.2) is 4.79 Å². The summed E-state index contributed by atoms with van der Waals surface area (Å²) in [6.45, 7) is 3.99. The summed E-state index contributed by atoms with van der Waals surface area (Å²) in [7, 11) is 0. The van der Waals surface area contributed by atoms with Gasteiger partial charge in [0.05, 0.1) is 6.42 Å². The Morgan fingerprint density at radius 3 is 2.36 bits per heavy atom. The van der Waals surface area contributed by atoms with Gasteiger partial charge in [0, 0.05) is 21.8 Å². The Balaban J connectivity index is 1.71. The fraction of sp³-hybridized carbons (Fsp3) is 0.263. The number of hydrogen-bond acceptors (Lipinski definition) is 3. The van der Waals surface area contributed by atoms with Crippen LogP contribution in [0.3, 0.4) is 0 Å². The minimum atomic E-state index is -0.373. The van der Waals surface area contributed by atoms with Crippen molar-refractivity contribution in [3.8, 4) is 0 Å². The lowest BCUT2D eigenvalue weighted by Crippen LogP contribution is -2.20. The van der Waals surface area contributed by atoms with Crippen molar-refractivity contribution >= 4 is 35.0 Å². The number of carbonyl (C=O) groups is 2.